The van der Waals surface area contributed by atoms with Crippen LogP contribution in [-0.2, 0) is 17.6 Å². The molecule has 0 atom stereocenters. The molecule has 0 unspecified atom stereocenters. The van der Waals surface area contributed by atoms with E-state index in [4.69, 9.17) is 9.26 Å². The highest BCUT2D eigenvalue weighted by Crippen LogP contribution is 2.38. The van der Waals surface area contributed by atoms with Gasteiger partial charge in [0.15, 0.2) is 0 Å². The van der Waals surface area contributed by atoms with Crippen LogP contribution < -0.4 is 4.74 Å². The second-order valence-corrected chi connectivity index (χ2v) is 5.24. The Bertz CT molecular complexity index is 666. The molecule has 1 aliphatic carbocycles. The summed E-state index contributed by atoms with van der Waals surface area (Å²) in [6.07, 6.45) is 1.93. The van der Waals surface area contributed by atoms with Crippen LogP contribution in [0.1, 0.15) is 29.0 Å². The molecule has 1 heterocycles. The first-order chi connectivity index (χ1) is 9.60. The molecule has 0 spiro atoms. The summed E-state index contributed by atoms with van der Waals surface area (Å²) in [6, 6.07) is 4.10. The molecule has 1 aliphatic rings. The highest BCUT2D eigenvalue weighted by Gasteiger charge is 2.22. The number of rotatable bonds is 2. The van der Waals surface area contributed by atoms with E-state index in [0.717, 1.165) is 40.3 Å². The average molecular weight is 271 g/mol. The molecule has 1 aromatic heterocycles. The number of carbonyl (C=O) groups excluding carboxylic acids is 1. The number of aromatic nitrogens is 1. The lowest BCUT2D eigenvalue weighted by atomic mass is 9.87. The smallest absolute Gasteiger partial charge is 0.141 e. The minimum Gasteiger partial charge on any atom is -0.496 e. The van der Waals surface area contributed by atoms with Crippen molar-refractivity contribution in [3.63, 3.8) is 0 Å². The van der Waals surface area contributed by atoms with Crippen LogP contribution in [0.3, 0.4) is 0 Å². The van der Waals surface area contributed by atoms with Gasteiger partial charge in [0.05, 0.1) is 18.4 Å². The van der Waals surface area contributed by atoms with Crippen molar-refractivity contribution < 1.29 is 14.1 Å². The van der Waals surface area contributed by atoms with E-state index in [-0.39, 0.29) is 0 Å². The first-order valence-corrected chi connectivity index (χ1v) is 6.75. The molecular weight excluding hydrogens is 254 g/mol. The number of ether oxygens (including phenoxy) is 1. The number of Topliss-reactive ketones (excluding diaryl/α,β-unsaturated/α-hetero) is 1. The summed E-state index contributed by atoms with van der Waals surface area (Å²) in [4.78, 5) is 11.6. The predicted molar refractivity (Wildman–Crippen MR) is 75.0 cm³/mol. The van der Waals surface area contributed by atoms with Crippen molar-refractivity contribution in [1.82, 2.24) is 5.16 Å². The van der Waals surface area contributed by atoms with E-state index in [1.165, 1.54) is 5.56 Å². The molecule has 0 amide bonds. The summed E-state index contributed by atoms with van der Waals surface area (Å²) >= 11 is 0. The Morgan fingerprint density at radius 3 is 2.65 bits per heavy atom. The van der Waals surface area contributed by atoms with Gasteiger partial charge in [0.25, 0.3) is 0 Å². The van der Waals surface area contributed by atoms with Crippen molar-refractivity contribution in [3.8, 4) is 16.9 Å². The van der Waals surface area contributed by atoms with Crippen LogP contribution in [0, 0.1) is 13.8 Å². The molecule has 2 aromatic rings. The van der Waals surface area contributed by atoms with Gasteiger partial charge in [-0.05, 0) is 43.5 Å². The molecule has 4 heteroatoms. The maximum Gasteiger partial charge on any atom is 0.141 e. The first kappa shape index (κ1) is 12.9. The Morgan fingerprint density at radius 2 is 2.00 bits per heavy atom. The van der Waals surface area contributed by atoms with Gasteiger partial charge in [-0.25, -0.2) is 0 Å². The lowest BCUT2D eigenvalue weighted by Gasteiger charge is -2.18. The van der Waals surface area contributed by atoms with Crippen LogP contribution in [-0.4, -0.2) is 18.0 Å². The van der Waals surface area contributed by atoms with Crippen molar-refractivity contribution >= 4 is 5.78 Å². The lowest BCUT2D eigenvalue weighted by Crippen LogP contribution is -2.13. The molecule has 0 saturated heterocycles. The fourth-order valence-electron chi connectivity index (χ4n) is 2.87. The zero-order valence-corrected chi connectivity index (χ0v) is 11.9. The van der Waals surface area contributed by atoms with Gasteiger partial charge in [0, 0.05) is 18.4 Å². The third kappa shape index (κ3) is 2.01. The van der Waals surface area contributed by atoms with Gasteiger partial charge >= 0.3 is 0 Å². The van der Waals surface area contributed by atoms with Gasteiger partial charge in [-0.1, -0.05) is 5.16 Å². The second kappa shape index (κ2) is 4.78. The third-order valence-corrected chi connectivity index (χ3v) is 3.89. The summed E-state index contributed by atoms with van der Waals surface area (Å²) in [5.74, 6) is 1.85. The van der Waals surface area contributed by atoms with Crippen LogP contribution >= 0.6 is 0 Å². The van der Waals surface area contributed by atoms with Gasteiger partial charge in [-0.3, -0.25) is 4.79 Å². The molecule has 4 nitrogen and oxygen atoms in total. The van der Waals surface area contributed by atoms with Crippen LogP contribution in [0.2, 0.25) is 0 Å². The number of hydrogen-bond donors (Lipinski definition) is 0. The largest absolute Gasteiger partial charge is 0.496 e. The van der Waals surface area contributed by atoms with Crippen LogP contribution in [0.4, 0.5) is 0 Å². The van der Waals surface area contributed by atoms with Crippen molar-refractivity contribution in [2.24, 2.45) is 0 Å². The SMILES string of the molecule is COc1cc2c(cc1-c1c(C)noc1C)CCC(=O)C2. The number of methoxy groups -OCH3 is 1. The number of nitrogens with zero attached hydrogens (tertiary/aromatic N) is 1. The van der Waals surface area contributed by atoms with Crippen molar-refractivity contribution in [2.75, 3.05) is 7.11 Å². The molecule has 0 radical (unpaired) electrons. The highest BCUT2D eigenvalue weighted by atomic mass is 16.5. The maximum atomic E-state index is 11.6. The predicted octanol–water partition coefficient (Wildman–Crippen LogP) is 3.02. The number of fused-ring (bicyclic) bond motifs is 1. The molecule has 0 saturated carbocycles. The Balaban J connectivity index is 2.19. The van der Waals surface area contributed by atoms with Gasteiger partial charge in [0.2, 0.25) is 0 Å². The standard InChI is InChI=1S/C16H17NO3/c1-9-16(10(2)20-17-9)14-7-11-4-5-13(18)6-12(11)8-15(14)19-3/h7-8H,4-6H2,1-3H3. The van der Waals surface area contributed by atoms with Crippen molar-refractivity contribution in [2.45, 2.75) is 33.1 Å². The van der Waals surface area contributed by atoms with Crippen LogP contribution in [0.15, 0.2) is 16.7 Å². The summed E-state index contributed by atoms with van der Waals surface area (Å²) in [5, 5.41) is 4.01. The molecule has 0 bridgehead atoms. The van der Waals surface area contributed by atoms with E-state index in [1.54, 1.807) is 7.11 Å². The maximum absolute atomic E-state index is 11.6. The van der Waals surface area contributed by atoms with E-state index < -0.39 is 0 Å². The zero-order chi connectivity index (χ0) is 14.3. The van der Waals surface area contributed by atoms with Crippen LogP contribution in [0.5, 0.6) is 5.75 Å². The fraction of sp³-hybridized carbons (Fsp3) is 0.375. The number of hydrogen-bond acceptors (Lipinski definition) is 4. The zero-order valence-electron chi connectivity index (χ0n) is 11.9. The normalized spacial score (nSPS) is 14.2. The van der Waals surface area contributed by atoms with E-state index in [0.29, 0.717) is 18.6 Å². The number of carbonyl (C=O) groups is 1. The summed E-state index contributed by atoms with van der Waals surface area (Å²) < 4.78 is 10.8. The average Bonchev–Trinajstić information content (AvgIpc) is 2.76. The fourth-order valence-corrected chi connectivity index (χ4v) is 2.87. The van der Waals surface area contributed by atoms with Crippen LogP contribution in [0.25, 0.3) is 11.1 Å². The molecule has 20 heavy (non-hydrogen) atoms. The molecular formula is C16H17NO3. The Hall–Kier alpha value is -2.10. The topological polar surface area (TPSA) is 52.3 Å². The molecule has 0 N–H and O–H groups in total. The van der Waals surface area contributed by atoms with Gasteiger partial charge in [-0.15, -0.1) is 0 Å². The summed E-state index contributed by atoms with van der Waals surface area (Å²) in [7, 11) is 1.65. The molecule has 0 fully saturated rings. The summed E-state index contributed by atoms with van der Waals surface area (Å²) in [5.41, 5.74) is 5.14. The van der Waals surface area contributed by atoms with Gasteiger partial charge in [-0.2, -0.15) is 0 Å². The molecule has 1 aromatic carbocycles. The van der Waals surface area contributed by atoms with E-state index in [1.807, 2.05) is 19.9 Å². The Kier molecular flexibility index (Phi) is 3.08. The quantitative estimate of drug-likeness (QED) is 0.842. The van der Waals surface area contributed by atoms with Crippen molar-refractivity contribution in [3.05, 3.63) is 34.7 Å². The van der Waals surface area contributed by atoms with E-state index in [2.05, 4.69) is 11.2 Å². The monoisotopic (exact) mass is 271 g/mol. The molecule has 3 rings (SSSR count). The summed E-state index contributed by atoms with van der Waals surface area (Å²) in [6.45, 7) is 3.83. The number of ketones is 1. The number of aryl methyl sites for hydroxylation is 3. The molecule has 104 valence electrons. The van der Waals surface area contributed by atoms with E-state index >= 15 is 0 Å². The first-order valence-electron chi connectivity index (χ1n) is 6.75. The number of benzene rings is 1. The second-order valence-electron chi connectivity index (χ2n) is 5.24. The van der Waals surface area contributed by atoms with Crippen molar-refractivity contribution in [1.29, 1.82) is 0 Å². The minimum atomic E-state index is 0.296. The Morgan fingerprint density at radius 1 is 1.20 bits per heavy atom. The lowest BCUT2D eigenvalue weighted by molar-refractivity contribution is -0.118. The van der Waals surface area contributed by atoms with E-state index in [9.17, 15) is 4.79 Å². The third-order valence-electron chi connectivity index (χ3n) is 3.89. The van der Waals surface area contributed by atoms with Gasteiger partial charge in [0.1, 0.15) is 17.3 Å². The highest BCUT2D eigenvalue weighted by molar-refractivity contribution is 5.85. The molecule has 0 aliphatic heterocycles. The Labute approximate surface area is 117 Å². The minimum absolute atomic E-state index is 0.296. The van der Waals surface area contributed by atoms with Gasteiger partial charge < -0.3 is 9.26 Å².